The molecule has 0 saturated carbocycles. The highest BCUT2D eigenvalue weighted by molar-refractivity contribution is 5.94. The van der Waals surface area contributed by atoms with Crippen LogP contribution in [0.4, 0.5) is 0 Å². The van der Waals surface area contributed by atoms with E-state index in [4.69, 9.17) is 4.74 Å². The number of aromatic nitrogens is 1. The van der Waals surface area contributed by atoms with E-state index in [1.54, 1.807) is 37.4 Å². The highest BCUT2D eigenvalue weighted by Crippen LogP contribution is 2.23. The van der Waals surface area contributed by atoms with Gasteiger partial charge in [-0.3, -0.25) is 9.78 Å². The van der Waals surface area contributed by atoms with E-state index in [1.807, 2.05) is 19.1 Å². The molecule has 86 valence electrons. The zero-order valence-corrected chi connectivity index (χ0v) is 9.81. The summed E-state index contributed by atoms with van der Waals surface area (Å²) in [6.45, 7) is 3.43. The van der Waals surface area contributed by atoms with Crippen molar-refractivity contribution in [2.24, 2.45) is 0 Å². The molecule has 2 aromatic rings. The van der Waals surface area contributed by atoms with Gasteiger partial charge in [-0.2, -0.15) is 0 Å². The molecule has 0 bridgehead atoms. The highest BCUT2D eigenvalue weighted by atomic mass is 16.5. The van der Waals surface area contributed by atoms with E-state index in [0.717, 1.165) is 11.4 Å². The number of carbonyl (C=O) groups is 1. The number of ketones is 1. The van der Waals surface area contributed by atoms with Crippen molar-refractivity contribution in [2.75, 3.05) is 0 Å². The number of nitrogens with zero attached hydrogens (tertiary/aromatic N) is 1. The van der Waals surface area contributed by atoms with Gasteiger partial charge in [0.05, 0.1) is 5.69 Å². The molecule has 1 heterocycles. The molecule has 0 N–H and O–H groups in total. The Kier molecular flexibility index (Phi) is 3.19. The monoisotopic (exact) mass is 227 g/mol. The van der Waals surface area contributed by atoms with E-state index in [9.17, 15) is 4.79 Å². The number of benzene rings is 1. The number of hydrogen-bond donors (Lipinski definition) is 0. The Bertz CT molecular complexity index is 532. The zero-order valence-electron chi connectivity index (χ0n) is 9.81. The maximum atomic E-state index is 11.1. The number of hydrogen-bond acceptors (Lipinski definition) is 3. The molecule has 3 heteroatoms. The van der Waals surface area contributed by atoms with E-state index in [0.29, 0.717) is 11.3 Å². The van der Waals surface area contributed by atoms with Crippen LogP contribution in [0.2, 0.25) is 0 Å². The Morgan fingerprint density at radius 1 is 1.18 bits per heavy atom. The number of rotatable bonds is 3. The topological polar surface area (TPSA) is 39.2 Å². The van der Waals surface area contributed by atoms with Gasteiger partial charge in [-0.05, 0) is 50.2 Å². The van der Waals surface area contributed by atoms with Gasteiger partial charge >= 0.3 is 0 Å². The standard InChI is InChI=1S/C14H13NO2/c1-10-14(4-3-9-15-10)17-13-7-5-12(6-8-13)11(2)16/h3-9H,1-2H3. The van der Waals surface area contributed by atoms with Crippen LogP contribution < -0.4 is 4.74 Å². The molecule has 0 saturated heterocycles. The van der Waals surface area contributed by atoms with E-state index in [1.165, 1.54) is 0 Å². The van der Waals surface area contributed by atoms with Gasteiger partial charge in [-0.15, -0.1) is 0 Å². The molecule has 0 fully saturated rings. The normalized spacial score (nSPS) is 10.0. The minimum atomic E-state index is 0.0501. The van der Waals surface area contributed by atoms with E-state index >= 15 is 0 Å². The minimum Gasteiger partial charge on any atom is -0.455 e. The van der Waals surface area contributed by atoms with Crippen molar-refractivity contribution in [1.82, 2.24) is 4.98 Å². The predicted octanol–water partition coefficient (Wildman–Crippen LogP) is 3.38. The summed E-state index contributed by atoms with van der Waals surface area (Å²) in [6.07, 6.45) is 1.72. The molecular formula is C14H13NO2. The SMILES string of the molecule is CC(=O)c1ccc(Oc2cccnc2C)cc1. The third kappa shape index (κ3) is 2.69. The molecule has 0 radical (unpaired) electrons. The highest BCUT2D eigenvalue weighted by Gasteiger charge is 2.03. The summed E-state index contributed by atoms with van der Waals surface area (Å²) in [7, 11) is 0. The van der Waals surface area contributed by atoms with Crippen molar-refractivity contribution in [2.45, 2.75) is 13.8 Å². The molecule has 0 aliphatic carbocycles. The molecule has 0 amide bonds. The Morgan fingerprint density at radius 3 is 2.47 bits per heavy atom. The molecule has 0 spiro atoms. The number of pyridine rings is 1. The lowest BCUT2D eigenvalue weighted by Crippen LogP contribution is -1.93. The first-order chi connectivity index (χ1) is 8.16. The third-order valence-corrected chi connectivity index (χ3v) is 2.45. The molecule has 0 aliphatic heterocycles. The average Bonchev–Trinajstić information content (AvgIpc) is 2.33. The first-order valence-corrected chi connectivity index (χ1v) is 5.37. The van der Waals surface area contributed by atoms with Crippen LogP contribution in [-0.4, -0.2) is 10.8 Å². The lowest BCUT2D eigenvalue weighted by Gasteiger charge is -2.07. The summed E-state index contributed by atoms with van der Waals surface area (Å²) in [5.74, 6) is 1.48. The minimum absolute atomic E-state index is 0.0501. The second kappa shape index (κ2) is 4.78. The summed E-state index contributed by atoms with van der Waals surface area (Å²) in [5.41, 5.74) is 1.52. The zero-order chi connectivity index (χ0) is 12.3. The van der Waals surface area contributed by atoms with Gasteiger partial charge in [0.15, 0.2) is 5.78 Å². The largest absolute Gasteiger partial charge is 0.455 e. The lowest BCUT2D eigenvalue weighted by molar-refractivity contribution is 0.101. The van der Waals surface area contributed by atoms with Crippen molar-refractivity contribution in [1.29, 1.82) is 0 Å². The number of aryl methyl sites for hydroxylation is 1. The second-order valence-electron chi connectivity index (χ2n) is 3.77. The summed E-state index contributed by atoms with van der Waals surface area (Å²) >= 11 is 0. The van der Waals surface area contributed by atoms with Gasteiger partial charge in [-0.1, -0.05) is 0 Å². The van der Waals surface area contributed by atoms with E-state index in [2.05, 4.69) is 4.98 Å². The third-order valence-electron chi connectivity index (χ3n) is 2.45. The van der Waals surface area contributed by atoms with Gasteiger partial charge in [0.25, 0.3) is 0 Å². The first kappa shape index (κ1) is 11.3. The maximum absolute atomic E-state index is 11.1. The fourth-order valence-electron chi connectivity index (χ4n) is 1.46. The van der Waals surface area contributed by atoms with Crippen LogP contribution in [0.1, 0.15) is 23.0 Å². The molecule has 17 heavy (non-hydrogen) atoms. The Hall–Kier alpha value is -2.16. The molecule has 1 aromatic carbocycles. The van der Waals surface area contributed by atoms with Crippen molar-refractivity contribution < 1.29 is 9.53 Å². The van der Waals surface area contributed by atoms with Crippen LogP contribution in [0, 0.1) is 6.92 Å². The van der Waals surface area contributed by atoms with Gasteiger partial charge in [0.2, 0.25) is 0 Å². The summed E-state index contributed by atoms with van der Waals surface area (Å²) in [6, 6.07) is 10.8. The molecular weight excluding hydrogens is 214 g/mol. The quantitative estimate of drug-likeness (QED) is 0.754. The average molecular weight is 227 g/mol. The molecule has 1 aromatic heterocycles. The Morgan fingerprint density at radius 2 is 1.88 bits per heavy atom. The van der Waals surface area contributed by atoms with Crippen LogP contribution in [0.5, 0.6) is 11.5 Å². The van der Waals surface area contributed by atoms with Gasteiger partial charge in [-0.25, -0.2) is 0 Å². The van der Waals surface area contributed by atoms with Crippen molar-refractivity contribution >= 4 is 5.78 Å². The molecule has 0 aliphatic rings. The predicted molar refractivity (Wildman–Crippen MR) is 65.5 cm³/mol. The Labute approximate surface area is 100 Å². The van der Waals surface area contributed by atoms with Crippen LogP contribution in [-0.2, 0) is 0 Å². The summed E-state index contributed by atoms with van der Waals surface area (Å²) < 4.78 is 5.67. The first-order valence-electron chi connectivity index (χ1n) is 5.37. The van der Waals surface area contributed by atoms with Crippen molar-refractivity contribution in [3.63, 3.8) is 0 Å². The fourth-order valence-corrected chi connectivity index (χ4v) is 1.46. The van der Waals surface area contributed by atoms with Gasteiger partial charge in [0.1, 0.15) is 11.5 Å². The Balaban J connectivity index is 2.20. The molecule has 0 atom stereocenters. The molecule has 0 unspecified atom stereocenters. The maximum Gasteiger partial charge on any atom is 0.159 e. The molecule has 3 nitrogen and oxygen atoms in total. The lowest BCUT2D eigenvalue weighted by atomic mass is 10.1. The number of ether oxygens (including phenoxy) is 1. The van der Waals surface area contributed by atoms with Crippen LogP contribution in [0.25, 0.3) is 0 Å². The van der Waals surface area contributed by atoms with E-state index < -0.39 is 0 Å². The summed E-state index contributed by atoms with van der Waals surface area (Å²) in [5, 5.41) is 0. The van der Waals surface area contributed by atoms with E-state index in [-0.39, 0.29) is 5.78 Å². The second-order valence-corrected chi connectivity index (χ2v) is 3.77. The van der Waals surface area contributed by atoms with Crippen LogP contribution >= 0.6 is 0 Å². The van der Waals surface area contributed by atoms with Crippen molar-refractivity contribution in [3.8, 4) is 11.5 Å². The summed E-state index contributed by atoms with van der Waals surface area (Å²) in [4.78, 5) is 15.3. The fraction of sp³-hybridized carbons (Fsp3) is 0.143. The number of carbonyl (C=O) groups excluding carboxylic acids is 1. The van der Waals surface area contributed by atoms with Crippen LogP contribution in [0.3, 0.4) is 0 Å². The molecule has 2 rings (SSSR count). The smallest absolute Gasteiger partial charge is 0.159 e. The number of Topliss-reactive ketones (excluding diaryl/α,β-unsaturated/α-hetero) is 1. The van der Waals surface area contributed by atoms with Crippen molar-refractivity contribution in [3.05, 3.63) is 53.9 Å². The van der Waals surface area contributed by atoms with Crippen LogP contribution in [0.15, 0.2) is 42.6 Å². The van der Waals surface area contributed by atoms with Gasteiger partial charge < -0.3 is 4.74 Å². The van der Waals surface area contributed by atoms with Gasteiger partial charge in [0, 0.05) is 11.8 Å².